The first-order valence-electron chi connectivity index (χ1n) is 7.62. The molecule has 0 aliphatic carbocycles. The van der Waals surface area contributed by atoms with Gasteiger partial charge in [-0.3, -0.25) is 4.68 Å². The first-order chi connectivity index (χ1) is 11.2. The second kappa shape index (κ2) is 5.46. The number of fused-ring (bicyclic) bond motifs is 2. The molecule has 3 heterocycles. The number of pyridine rings is 1. The fraction of sp³-hybridized carbons (Fsp3) is 0.294. The van der Waals surface area contributed by atoms with E-state index in [-0.39, 0.29) is 0 Å². The maximum Gasteiger partial charge on any atom is 0.161 e. The molecule has 1 N–H and O–H groups in total. The number of rotatable bonds is 3. The third-order valence-corrected chi connectivity index (χ3v) is 3.97. The quantitative estimate of drug-likeness (QED) is 0.806. The monoisotopic (exact) mass is 310 g/mol. The molecule has 6 heteroatoms. The Hall–Kier alpha value is -2.76. The second-order valence-corrected chi connectivity index (χ2v) is 5.64. The summed E-state index contributed by atoms with van der Waals surface area (Å²) in [5.74, 6) is 1.63. The van der Waals surface area contributed by atoms with Gasteiger partial charge in [0.25, 0.3) is 0 Å². The summed E-state index contributed by atoms with van der Waals surface area (Å²) in [5, 5.41) is 8.86. The maximum atomic E-state index is 5.62. The van der Waals surface area contributed by atoms with Gasteiger partial charge in [0.15, 0.2) is 17.1 Å². The molecule has 1 aromatic carbocycles. The Balaban J connectivity index is 1.53. The number of hydrogen-bond acceptors (Lipinski definition) is 5. The second-order valence-electron chi connectivity index (χ2n) is 5.64. The van der Waals surface area contributed by atoms with Crippen LogP contribution in [0.15, 0.2) is 30.5 Å². The number of anilines is 1. The molecule has 0 spiro atoms. The van der Waals surface area contributed by atoms with Gasteiger partial charge in [-0.05, 0) is 30.7 Å². The zero-order chi connectivity index (χ0) is 15.8. The molecule has 0 saturated heterocycles. The van der Waals surface area contributed by atoms with Crippen LogP contribution in [0.2, 0.25) is 0 Å². The molecule has 118 valence electrons. The van der Waals surface area contributed by atoms with Gasteiger partial charge in [-0.2, -0.15) is 5.10 Å². The third-order valence-electron chi connectivity index (χ3n) is 3.97. The Morgan fingerprint density at radius 2 is 2.00 bits per heavy atom. The smallest absolute Gasteiger partial charge is 0.161 e. The molecular weight excluding hydrogens is 292 g/mol. The molecular formula is C17H18N4O2. The number of nitrogens with one attached hydrogen (secondary N) is 1. The van der Waals surface area contributed by atoms with E-state index < -0.39 is 0 Å². The fourth-order valence-electron chi connectivity index (χ4n) is 2.81. The summed E-state index contributed by atoms with van der Waals surface area (Å²) in [6, 6.07) is 8.10. The maximum absolute atomic E-state index is 5.62. The lowest BCUT2D eigenvalue weighted by Gasteiger charge is -2.19. The largest absolute Gasteiger partial charge is 0.486 e. The van der Waals surface area contributed by atoms with Crippen molar-refractivity contribution in [3.05, 3.63) is 41.7 Å². The number of aryl methyl sites for hydroxylation is 2. The van der Waals surface area contributed by atoms with Crippen LogP contribution in [-0.2, 0) is 13.6 Å². The average Bonchev–Trinajstić information content (AvgIpc) is 2.87. The van der Waals surface area contributed by atoms with E-state index in [2.05, 4.69) is 21.5 Å². The molecule has 4 rings (SSSR count). The van der Waals surface area contributed by atoms with Crippen molar-refractivity contribution in [3.8, 4) is 11.5 Å². The van der Waals surface area contributed by atoms with Crippen molar-refractivity contribution in [2.75, 3.05) is 18.5 Å². The number of hydrogen-bond donors (Lipinski definition) is 1. The molecule has 0 bridgehead atoms. The van der Waals surface area contributed by atoms with E-state index in [4.69, 9.17) is 9.47 Å². The lowest BCUT2D eigenvalue weighted by atomic mass is 10.2. The Kier molecular flexibility index (Phi) is 3.29. The Bertz CT molecular complexity index is 872. The zero-order valence-electron chi connectivity index (χ0n) is 13.2. The van der Waals surface area contributed by atoms with Crippen molar-refractivity contribution in [1.82, 2.24) is 14.8 Å². The highest BCUT2D eigenvalue weighted by atomic mass is 16.6. The number of aromatic nitrogens is 3. The van der Waals surface area contributed by atoms with Crippen LogP contribution in [0.3, 0.4) is 0 Å². The Morgan fingerprint density at radius 1 is 1.17 bits per heavy atom. The van der Waals surface area contributed by atoms with Crippen molar-refractivity contribution in [3.63, 3.8) is 0 Å². The summed E-state index contributed by atoms with van der Waals surface area (Å²) >= 11 is 0. The standard InChI is InChI=1S/C17H18N4O2/c1-11-14-8-13(10-19-17(14)21(2)20-11)18-9-12-3-4-15-16(7-12)23-6-5-22-15/h3-4,7-8,10,18H,5-6,9H2,1-2H3. The molecule has 1 aliphatic heterocycles. The first-order valence-corrected chi connectivity index (χ1v) is 7.62. The van der Waals surface area contributed by atoms with Crippen LogP contribution < -0.4 is 14.8 Å². The molecule has 0 atom stereocenters. The van der Waals surface area contributed by atoms with Crippen LogP contribution in [0, 0.1) is 6.92 Å². The third kappa shape index (κ3) is 2.56. The van der Waals surface area contributed by atoms with Crippen molar-refractivity contribution in [2.24, 2.45) is 7.05 Å². The van der Waals surface area contributed by atoms with E-state index in [1.807, 2.05) is 38.4 Å². The molecule has 23 heavy (non-hydrogen) atoms. The highest BCUT2D eigenvalue weighted by molar-refractivity contribution is 5.81. The zero-order valence-corrected chi connectivity index (χ0v) is 13.2. The topological polar surface area (TPSA) is 61.2 Å². The van der Waals surface area contributed by atoms with Gasteiger partial charge >= 0.3 is 0 Å². The van der Waals surface area contributed by atoms with Crippen molar-refractivity contribution >= 4 is 16.7 Å². The minimum absolute atomic E-state index is 0.602. The van der Waals surface area contributed by atoms with Crippen LogP contribution in [0.5, 0.6) is 11.5 Å². The minimum atomic E-state index is 0.602. The van der Waals surface area contributed by atoms with Gasteiger partial charge in [-0.25, -0.2) is 4.98 Å². The molecule has 0 saturated carbocycles. The number of nitrogens with zero attached hydrogens (tertiary/aromatic N) is 3. The Labute approximate surface area is 134 Å². The molecule has 0 amide bonds. The predicted octanol–water partition coefficient (Wildman–Crippen LogP) is 2.66. The molecule has 3 aromatic rings. The van der Waals surface area contributed by atoms with Crippen molar-refractivity contribution in [2.45, 2.75) is 13.5 Å². The average molecular weight is 310 g/mol. The van der Waals surface area contributed by atoms with Crippen LogP contribution in [0.1, 0.15) is 11.3 Å². The molecule has 2 aromatic heterocycles. The van der Waals surface area contributed by atoms with E-state index in [1.165, 1.54) is 0 Å². The van der Waals surface area contributed by atoms with Gasteiger partial charge < -0.3 is 14.8 Å². The first kappa shape index (κ1) is 13.9. The summed E-state index contributed by atoms with van der Waals surface area (Å²) in [6.07, 6.45) is 1.83. The molecule has 0 radical (unpaired) electrons. The van der Waals surface area contributed by atoms with Gasteiger partial charge in [0.1, 0.15) is 13.2 Å². The summed E-state index contributed by atoms with van der Waals surface area (Å²) in [4.78, 5) is 4.48. The molecule has 1 aliphatic rings. The molecule has 6 nitrogen and oxygen atoms in total. The van der Waals surface area contributed by atoms with E-state index >= 15 is 0 Å². The predicted molar refractivity (Wildman–Crippen MR) is 88.0 cm³/mol. The van der Waals surface area contributed by atoms with E-state index in [0.29, 0.717) is 19.8 Å². The summed E-state index contributed by atoms with van der Waals surface area (Å²) in [6.45, 7) is 3.91. The van der Waals surface area contributed by atoms with Crippen LogP contribution in [-0.4, -0.2) is 28.0 Å². The Morgan fingerprint density at radius 3 is 2.87 bits per heavy atom. The highest BCUT2D eigenvalue weighted by Gasteiger charge is 2.12. The SMILES string of the molecule is Cc1nn(C)c2ncc(NCc3ccc4c(c3)OCCO4)cc12. The lowest BCUT2D eigenvalue weighted by Crippen LogP contribution is -2.15. The minimum Gasteiger partial charge on any atom is -0.486 e. The van der Waals surface area contributed by atoms with Gasteiger partial charge in [-0.15, -0.1) is 0 Å². The van der Waals surface area contributed by atoms with Gasteiger partial charge in [0.2, 0.25) is 0 Å². The van der Waals surface area contributed by atoms with E-state index in [0.717, 1.165) is 39.5 Å². The van der Waals surface area contributed by atoms with E-state index in [9.17, 15) is 0 Å². The lowest BCUT2D eigenvalue weighted by molar-refractivity contribution is 0.171. The number of benzene rings is 1. The normalized spacial score (nSPS) is 13.3. The van der Waals surface area contributed by atoms with Crippen molar-refractivity contribution in [1.29, 1.82) is 0 Å². The molecule has 0 fully saturated rings. The number of ether oxygens (including phenoxy) is 2. The van der Waals surface area contributed by atoms with Crippen molar-refractivity contribution < 1.29 is 9.47 Å². The fourth-order valence-corrected chi connectivity index (χ4v) is 2.81. The molecule has 0 unspecified atom stereocenters. The van der Waals surface area contributed by atoms with Gasteiger partial charge in [0, 0.05) is 19.0 Å². The van der Waals surface area contributed by atoms with E-state index in [1.54, 1.807) is 4.68 Å². The summed E-state index contributed by atoms with van der Waals surface area (Å²) < 4.78 is 13.0. The highest BCUT2D eigenvalue weighted by Crippen LogP contribution is 2.31. The van der Waals surface area contributed by atoms with Crippen LogP contribution >= 0.6 is 0 Å². The summed E-state index contributed by atoms with van der Waals surface area (Å²) in [7, 11) is 1.91. The van der Waals surface area contributed by atoms with Gasteiger partial charge in [0.05, 0.1) is 17.6 Å². The van der Waals surface area contributed by atoms with Crippen LogP contribution in [0.4, 0.5) is 5.69 Å². The van der Waals surface area contributed by atoms with Crippen LogP contribution in [0.25, 0.3) is 11.0 Å². The van der Waals surface area contributed by atoms with Gasteiger partial charge in [-0.1, -0.05) is 6.07 Å². The summed E-state index contributed by atoms with van der Waals surface area (Å²) in [5.41, 5.74) is 3.99.